The van der Waals surface area contributed by atoms with Crippen molar-refractivity contribution in [3.63, 3.8) is 0 Å². The lowest BCUT2D eigenvalue weighted by Gasteiger charge is -2.42. The molecule has 2 rings (SSSR count). The summed E-state index contributed by atoms with van der Waals surface area (Å²) in [7, 11) is 2.66. The van der Waals surface area contributed by atoms with Crippen LogP contribution in [0.2, 0.25) is 0 Å². The van der Waals surface area contributed by atoms with Crippen LogP contribution in [0.3, 0.4) is 0 Å². The van der Waals surface area contributed by atoms with E-state index >= 15 is 0 Å². The van der Waals surface area contributed by atoms with Crippen LogP contribution in [0.1, 0.15) is 23.2 Å². The molecule has 0 radical (unpaired) electrons. The van der Waals surface area contributed by atoms with Gasteiger partial charge in [-0.3, -0.25) is 10.1 Å². The largest absolute Gasteiger partial charge is 0.467 e. The van der Waals surface area contributed by atoms with Crippen LogP contribution >= 0.6 is 0 Å². The van der Waals surface area contributed by atoms with E-state index < -0.39 is 28.6 Å². The lowest BCUT2D eigenvalue weighted by Crippen LogP contribution is -2.56. The topological polar surface area (TPSA) is 105 Å². The normalized spacial score (nSPS) is 23.3. The first-order valence-corrected chi connectivity index (χ1v) is 6.51. The second-order valence-electron chi connectivity index (χ2n) is 4.93. The van der Waals surface area contributed by atoms with Gasteiger partial charge in [0.2, 0.25) is 0 Å². The van der Waals surface area contributed by atoms with Crippen molar-refractivity contribution in [3.05, 3.63) is 39.9 Å². The summed E-state index contributed by atoms with van der Waals surface area (Å²) < 4.78 is 15.0. The molecule has 118 valence electrons. The highest BCUT2D eigenvalue weighted by Gasteiger charge is 2.53. The molecule has 0 spiro atoms. The Kier molecular flexibility index (Phi) is 4.41. The smallest absolute Gasteiger partial charge is 0.338 e. The highest BCUT2D eigenvalue weighted by molar-refractivity contribution is 5.90. The fourth-order valence-electron chi connectivity index (χ4n) is 2.30. The second kappa shape index (κ2) is 6.10. The second-order valence-corrected chi connectivity index (χ2v) is 4.93. The maximum atomic E-state index is 11.9. The van der Waals surface area contributed by atoms with Crippen LogP contribution in [0.4, 0.5) is 5.69 Å². The van der Waals surface area contributed by atoms with Gasteiger partial charge in [0, 0.05) is 32.1 Å². The molecule has 1 fully saturated rings. The number of nitro groups is 1. The first-order chi connectivity index (χ1) is 10.4. The molecule has 0 amide bonds. The quantitative estimate of drug-likeness (QED) is 0.460. The average Bonchev–Trinajstić information content (AvgIpc) is 2.49. The van der Waals surface area contributed by atoms with Crippen LogP contribution < -0.4 is 0 Å². The number of esters is 2. The summed E-state index contributed by atoms with van der Waals surface area (Å²) in [5.74, 6) is -1.10. The van der Waals surface area contributed by atoms with E-state index in [2.05, 4.69) is 4.74 Å². The number of carbonyl (C=O) groups excluding carboxylic acids is 2. The van der Waals surface area contributed by atoms with Gasteiger partial charge in [-0.15, -0.1) is 0 Å². The van der Waals surface area contributed by atoms with E-state index in [1.54, 1.807) is 0 Å². The highest BCUT2D eigenvalue weighted by atomic mass is 16.6. The molecule has 0 aromatic heterocycles. The molecule has 0 unspecified atom stereocenters. The fraction of sp³-hybridized carbons (Fsp3) is 0.429. The van der Waals surface area contributed by atoms with E-state index in [1.165, 1.54) is 38.5 Å². The molecule has 22 heavy (non-hydrogen) atoms. The molecule has 0 saturated heterocycles. The molecular formula is C14H15NO7. The van der Waals surface area contributed by atoms with Crippen molar-refractivity contribution in [1.29, 1.82) is 0 Å². The van der Waals surface area contributed by atoms with Gasteiger partial charge in [0.15, 0.2) is 5.60 Å². The molecule has 1 aliphatic carbocycles. The van der Waals surface area contributed by atoms with Gasteiger partial charge in [-0.25, -0.2) is 9.59 Å². The van der Waals surface area contributed by atoms with Gasteiger partial charge in [-0.05, 0) is 12.1 Å². The number of non-ortho nitro benzene ring substituents is 1. The van der Waals surface area contributed by atoms with Crippen LogP contribution in [0.15, 0.2) is 24.3 Å². The monoisotopic (exact) mass is 309 g/mol. The number of nitrogens with zero attached hydrogens (tertiary/aromatic N) is 1. The Morgan fingerprint density at radius 1 is 1.23 bits per heavy atom. The molecule has 1 saturated carbocycles. The van der Waals surface area contributed by atoms with Crippen molar-refractivity contribution in [2.75, 3.05) is 14.2 Å². The van der Waals surface area contributed by atoms with Gasteiger partial charge in [-0.1, -0.05) is 0 Å². The van der Waals surface area contributed by atoms with Gasteiger partial charge in [0.1, 0.15) is 6.10 Å². The Hall–Kier alpha value is -2.48. The number of carbonyl (C=O) groups is 2. The third kappa shape index (κ3) is 2.91. The van der Waals surface area contributed by atoms with E-state index in [1.807, 2.05) is 0 Å². The lowest BCUT2D eigenvalue weighted by atomic mass is 9.77. The summed E-state index contributed by atoms with van der Waals surface area (Å²) in [5, 5.41) is 10.5. The Morgan fingerprint density at radius 2 is 1.82 bits per heavy atom. The van der Waals surface area contributed by atoms with Gasteiger partial charge >= 0.3 is 11.9 Å². The van der Waals surface area contributed by atoms with Crippen molar-refractivity contribution < 1.29 is 28.7 Å². The fourth-order valence-corrected chi connectivity index (χ4v) is 2.30. The number of benzene rings is 1. The molecule has 0 atom stereocenters. The molecule has 0 bridgehead atoms. The van der Waals surface area contributed by atoms with Crippen molar-refractivity contribution >= 4 is 17.6 Å². The van der Waals surface area contributed by atoms with E-state index in [0.717, 1.165) is 0 Å². The third-order valence-corrected chi connectivity index (χ3v) is 3.65. The minimum Gasteiger partial charge on any atom is -0.467 e. The number of methoxy groups -OCH3 is 2. The standard InChI is InChI=1S/C14H15NO7/c1-20-13(17)14(21-2)7-11(8-14)22-12(16)9-3-5-10(6-4-9)15(18)19/h3-6,11H,7-8H2,1-2H3. The van der Waals surface area contributed by atoms with Crippen molar-refractivity contribution in [2.45, 2.75) is 24.5 Å². The first-order valence-electron chi connectivity index (χ1n) is 6.51. The summed E-state index contributed by atoms with van der Waals surface area (Å²) >= 11 is 0. The predicted octanol–water partition coefficient (Wildman–Crippen LogP) is 1.47. The maximum absolute atomic E-state index is 11.9. The van der Waals surface area contributed by atoms with Crippen molar-refractivity contribution in [1.82, 2.24) is 0 Å². The molecule has 1 aliphatic rings. The van der Waals surface area contributed by atoms with Gasteiger partial charge < -0.3 is 14.2 Å². The molecule has 1 aromatic rings. The highest BCUT2D eigenvalue weighted by Crippen LogP contribution is 2.39. The molecular weight excluding hydrogens is 294 g/mol. The Morgan fingerprint density at radius 3 is 2.27 bits per heavy atom. The number of hydrogen-bond acceptors (Lipinski definition) is 7. The van der Waals surface area contributed by atoms with Crippen LogP contribution in [0.5, 0.6) is 0 Å². The SMILES string of the molecule is COC(=O)C1(OC)CC(OC(=O)c2ccc([N+](=O)[O-])cc2)C1. The Labute approximate surface area is 126 Å². The van der Waals surface area contributed by atoms with Gasteiger partial charge in [0.25, 0.3) is 5.69 Å². The van der Waals surface area contributed by atoms with Crippen LogP contribution in [-0.2, 0) is 19.0 Å². The first kappa shape index (κ1) is 15.9. The number of hydrogen-bond donors (Lipinski definition) is 0. The van der Waals surface area contributed by atoms with Gasteiger partial charge in [-0.2, -0.15) is 0 Å². The summed E-state index contributed by atoms with van der Waals surface area (Å²) in [5.41, 5.74) is -0.960. The minimum atomic E-state index is -1.06. The average molecular weight is 309 g/mol. The zero-order valence-electron chi connectivity index (χ0n) is 12.1. The number of rotatable bonds is 5. The summed E-state index contributed by atoms with van der Waals surface area (Å²) in [6, 6.07) is 5.10. The van der Waals surface area contributed by atoms with Crippen LogP contribution in [-0.4, -0.2) is 42.8 Å². The summed E-state index contributed by atoms with van der Waals surface area (Å²) in [6.07, 6.45) is -0.0224. The third-order valence-electron chi connectivity index (χ3n) is 3.65. The number of ether oxygens (including phenoxy) is 3. The molecule has 8 heteroatoms. The summed E-state index contributed by atoms with van der Waals surface area (Å²) in [6.45, 7) is 0. The van der Waals surface area contributed by atoms with Crippen molar-refractivity contribution in [3.8, 4) is 0 Å². The molecule has 8 nitrogen and oxygen atoms in total. The Bertz CT molecular complexity index is 590. The van der Waals surface area contributed by atoms with Crippen LogP contribution in [0.25, 0.3) is 0 Å². The van der Waals surface area contributed by atoms with E-state index in [0.29, 0.717) is 0 Å². The van der Waals surface area contributed by atoms with E-state index in [9.17, 15) is 19.7 Å². The van der Waals surface area contributed by atoms with Crippen molar-refractivity contribution in [2.24, 2.45) is 0 Å². The minimum absolute atomic E-state index is 0.107. The van der Waals surface area contributed by atoms with E-state index in [-0.39, 0.29) is 24.1 Å². The maximum Gasteiger partial charge on any atom is 0.338 e. The Balaban J connectivity index is 1.94. The van der Waals surface area contributed by atoms with E-state index in [4.69, 9.17) is 9.47 Å². The molecule has 0 N–H and O–H groups in total. The molecule has 0 heterocycles. The van der Waals surface area contributed by atoms with Crippen LogP contribution in [0, 0.1) is 10.1 Å². The van der Waals surface area contributed by atoms with Gasteiger partial charge in [0.05, 0.1) is 17.6 Å². The molecule has 0 aliphatic heterocycles. The predicted molar refractivity (Wildman–Crippen MR) is 73.3 cm³/mol. The summed E-state index contributed by atoms with van der Waals surface area (Å²) in [4.78, 5) is 33.5. The lowest BCUT2D eigenvalue weighted by molar-refractivity contribution is -0.384. The number of nitro benzene ring substituents is 1. The molecule has 1 aromatic carbocycles. The zero-order valence-corrected chi connectivity index (χ0v) is 12.1. The zero-order chi connectivity index (χ0) is 16.3.